The summed E-state index contributed by atoms with van der Waals surface area (Å²) in [4.78, 5) is 34.1. The number of carbonyl (C=O) groups excluding carboxylic acids is 1. The topological polar surface area (TPSA) is 129 Å². The second-order valence-corrected chi connectivity index (χ2v) is 8.33. The van der Waals surface area contributed by atoms with Gasteiger partial charge in [-0.05, 0) is 45.1 Å². The van der Waals surface area contributed by atoms with Crippen LogP contribution in [0.2, 0.25) is 0 Å². The second kappa shape index (κ2) is 12.7. The van der Waals surface area contributed by atoms with E-state index in [2.05, 4.69) is 4.90 Å². The lowest BCUT2D eigenvalue weighted by Crippen LogP contribution is -2.47. The maximum absolute atomic E-state index is 12.9. The lowest BCUT2D eigenvalue weighted by molar-refractivity contribution is -0.139. The van der Waals surface area contributed by atoms with Crippen LogP contribution in [-0.4, -0.2) is 85.1 Å². The summed E-state index contributed by atoms with van der Waals surface area (Å²) in [7, 11) is 7.29. The highest BCUT2D eigenvalue weighted by atomic mass is 16.5. The molecule has 0 saturated heterocycles. The van der Waals surface area contributed by atoms with Gasteiger partial charge in [-0.1, -0.05) is 12.8 Å². The van der Waals surface area contributed by atoms with E-state index in [1.165, 1.54) is 0 Å². The zero-order chi connectivity index (χ0) is 25.3. The predicted octanol–water partition coefficient (Wildman–Crippen LogP) is 2.33. The van der Waals surface area contributed by atoms with Crippen molar-refractivity contribution >= 4 is 23.6 Å². The summed E-state index contributed by atoms with van der Waals surface area (Å²) in [6.07, 6.45) is 5.36. The van der Waals surface area contributed by atoms with Gasteiger partial charge in [0.25, 0.3) is 0 Å². The summed E-state index contributed by atoms with van der Waals surface area (Å²) in [6, 6.07) is 5.91. The van der Waals surface area contributed by atoms with Gasteiger partial charge in [0, 0.05) is 36.1 Å². The Morgan fingerprint density at radius 1 is 1.06 bits per heavy atom. The number of hydrogen-bond donors (Lipinski definition) is 2. The molecular weight excluding hydrogens is 442 g/mol. The number of carboxylic acid groups (broad SMARTS) is 2. The van der Waals surface area contributed by atoms with Gasteiger partial charge in [0.1, 0.15) is 0 Å². The number of fused-ring (bicyclic) bond motifs is 1. The molecule has 186 valence electrons. The van der Waals surface area contributed by atoms with Crippen LogP contribution in [0.25, 0.3) is 0 Å². The number of aliphatic carboxylic acids is 2. The van der Waals surface area contributed by atoms with Gasteiger partial charge < -0.3 is 24.6 Å². The largest absolute Gasteiger partial charge is 0.493 e. The average molecular weight is 476 g/mol. The maximum Gasteiger partial charge on any atom is 0.328 e. The summed E-state index contributed by atoms with van der Waals surface area (Å²) >= 11 is 0. The number of hydrazone groups is 1. The fraction of sp³-hybridized carbons (Fsp3) is 0.500. The number of carbonyl (C=O) groups is 3. The fourth-order valence-electron chi connectivity index (χ4n) is 4.06. The zero-order valence-electron chi connectivity index (χ0n) is 20.1. The molecule has 0 bridgehead atoms. The van der Waals surface area contributed by atoms with E-state index in [9.17, 15) is 14.4 Å². The molecule has 0 aromatic heterocycles. The molecule has 1 saturated carbocycles. The van der Waals surface area contributed by atoms with E-state index in [1.807, 2.05) is 32.3 Å². The number of amides is 1. The number of benzene rings is 1. The monoisotopic (exact) mass is 475 g/mol. The molecule has 2 aliphatic rings. The van der Waals surface area contributed by atoms with Crippen LogP contribution in [0.5, 0.6) is 11.5 Å². The molecule has 0 unspecified atom stereocenters. The first-order valence-corrected chi connectivity index (χ1v) is 11.1. The number of carboxylic acids is 2. The molecule has 1 amide bonds. The van der Waals surface area contributed by atoms with Crippen LogP contribution >= 0.6 is 0 Å². The highest BCUT2D eigenvalue weighted by Gasteiger charge is 2.41. The third kappa shape index (κ3) is 7.31. The highest BCUT2D eigenvalue weighted by molar-refractivity contribution is 6.07. The van der Waals surface area contributed by atoms with Crippen molar-refractivity contribution in [3.05, 3.63) is 35.9 Å². The van der Waals surface area contributed by atoms with Crippen molar-refractivity contribution in [2.24, 2.45) is 16.9 Å². The lowest BCUT2D eigenvalue weighted by Gasteiger charge is -2.39. The minimum absolute atomic E-state index is 0.0477. The Bertz CT molecular complexity index is 926. The molecule has 1 aliphatic heterocycles. The number of nitrogens with zero attached hydrogens (tertiary/aromatic N) is 3. The Morgan fingerprint density at radius 2 is 1.65 bits per heavy atom. The first-order valence-electron chi connectivity index (χ1n) is 11.1. The lowest BCUT2D eigenvalue weighted by atomic mass is 9.73. The molecular formula is C24H33N3O7. The van der Waals surface area contributed by atoms with E-state index in [0.29, 0.717) is 30.2 Å². The van der Waals surface area contributed by atoms with Crippen molar-refractivity contribution in [2.75, 3.05) is 41.4 Å². The van der Waals surface area contributed by atoms with Crippen molar-refractivity contribution in [1.29, 1.82) is 0 Å². The highest BCUT2D eigenvalue weighted by Crippen LogP contribution is 2.38. The molecule has 3 rings (SSSR count). The van der Waals surface area contributed by atoms with Crippen LogP contribution in [0.4, 0.5) is 0 Å². The molecule has 2 N–H and O–H groups in total. The summed E-state index contributed by atoms with van der Waals surface area (Å²) in [5.41, 5.74) is 2.02. The minimum atomic E-state index is -1.26. The third-order valence-electron chi connectivity index (χ3n) is 5.72. The van der Waals surface area contributed by atoms with E-state index < -0.39 is 11.9 Å². The molecule has 10 heteroatoms. The standard InChI is InChI=1S/C20H29N3O3.C4H4O4/c1-22(2)11-12-23-20(24)16-8-6-5-7-15(16)19(21-23)14-9-10-17(25-3)18(13-14)26-4;5-3(6)1-2-4(7)8/h9-10,13,15-16H,5-8,11-12H2,1-4H3;1-2H,(H,5,6)(H,7,8)/t15-,16+;/m0./s1. The average Bonchev–Trinajstić information content (AvgIpc) is 2.82. The number of methoxy groups -OCH3 is 2. The van der Waals surface area contributed by atoms with Gasteiger partial charge in [0.2, 0.25) is 5.91 Å². The number of rotatable bonds is 8. The molecule has 0 radical (unpaired) electrons. The van der Waals surface area contributed by atoms with Gasteiger partial charge in [0.15, 0.2) is 11.5 Å². The van der Waals surface area contributed by atoms with Gasteiger partial charge in [0.05, 0.1) is 26.5 Å². The van der Waals surface area contributed by atoms with Crippen molar-refractivity contribution < 1.29 is 34.1 Å². The molecule has 1 fully saturated rings. The summed E-state index contributed by atoms with van der Waals surface area (Å²) in [6.45, 7) is 1.41. The van der Waals surface area contributed by atoms with E-state index in [-0.39, 0.29) is 17.7 Å². The molecule has 0 spiro atoms. The quantitative estimate of drug-likeness (QED) is 0.548. The van der Waals surface area contributed by atoms with E-state index >= 15 is 0 Å². The molecule has 1 aromatic rings. The van der Waals surface area contributed by atoms with Gasteiger partial charge in [-0.2, -0.15) is 5.10 Å². The summed E-state index contributed by atoms with van der Waals surface area (Å²) in [5, 5.41) is 22.1. The Hall–Kier alpha value is -3.40. The van der Waals surface area contributed by atoms with Crippen LogP contribution < -0.4 is 9.47 Å². The van der Waals surface area contributed by atoms with Gasteiger partial charge in [-0.15, -0.1) is 0 Å². The molecule has 1 aromatic carbocycles. The zero-order valence-corrected chi connectivity index (χ0v) is 20.1. The van der Waals surface area contributed by atoms with Crippen molar-refractivity contribution in [1.82, 2.24) is 9.91 Å². The number of hydrogen-bond acceptors (Lipinski definition) is 7. The maximum atomic E-state index is 12.9. The van der Waals surface area contributed by atoms with Crippen LogP contribution in [0.1, 0.15) is 31.2 Å². The Labute approximate surface area is 199 Å². The van der Waals surface area contributed by atoms with Gasteiger partial charge in [-0.3, -0.25) is 4.79 Å². The second-order valence-electron chi connectivity index (χ2n) is 8.33. The fourth-order valence-corrected chi connectivity index (χ4v) is 4.06. The Kier molecular flexibility index (Phi) is 10.1. The number of ether oxygens (including phenoxy) is 2. The first-order chi connectivity index (χ1) is 16.2. The molecule has 2 atom stereocenters. The first kappa shape index (κ1) is 26.8. The molecule has 1 aliphatic carbocycles. The van der Waals surface area contributed by atoms with Crippen LogP contribution in [0.15, 0.2) is 35.5 Å². The molecule has 34 heavy (non-hydrogen) atoms. The minimum Gasteiger partial charge on any atom is -0.493 e. The van der Waals surface area contributed by atoms with Crippen molar-refractivity contribution in [3.63, 3.8) is 0 Å². The Morgan fingerprint density at radius 3 is 2.18 bits per heavy atom. The number of likely N-dealkylation sites (N-methyl/N-ethyl adjacent to an activating group) is 1. The SMILES string of the molecule is COc1ccc(C2=NN(CCN(C)C)C(=O)[C@@H]3CCCC[C@H]23)cc1OC.O=C(O)C=CC(=O)O. The van der Waals surface area contributed by atoms with E-state index in [1.54, 1.807) is 19.2 Å². The molecule has 10 nitrogen and oxygen atoms in total. The van der Waals surface area contributed by atoms with Crippen LogP contribution in [0, 0.1) is 11.8 Å². The van der Waals surface area contributed by atoms with Gasteiger partial charge in [-0.25, -0.2) is 14.6 Å². The Balaban J connectivity index is 0.000000440. The summed E-state index contributed by atoms with van der Waals surface area (Å²) in [5.74, 6) is -0.692. The van der Waals surface area contributed by atoms with E-state index in [4.69, 9.17) is 24.8 Å². The van der Waals surface area contributed by atoms with E-state index in [0.717, 1.165) is 43.5 Å². The van der Waals surface area contributed by atoms with Crippen molar-refractivity contribution in [3.8, 4) is 11.5 Å². The van der Waals surface area contributed by atoms with Gasteiger partial charge >= 0.3 is 11.9 Å². The normalized spacial score (nSPS) is 19.7. The third-order valence-corrected chi connectivity index (χ3v) is 5.72. The van der Waals surface area contributed by atoms with Crippen LogP contribution in [-0.2, 0) is 14.4 Å². The van der Waals surface area contributed by atoms with Crippen molar-refractivity contribution in [2.45, 2.75) is 25.7 Å². The predicted molar refractivity (Wildman–Crippen MR) is 126 cm³/mol. The smallest absolute Gasteiger partial charge is 0.328 e. The summed E-state index contributed by atoms with van der Waals surface area (Å²) < 4.78 is 10.8. The van der Waals surface area contributed by atoms with Crippen LogP contribution in [0.3, 0.4) is 0 Å². The molecule has 1 heterocycles.